The van der Waals surface area contributed by atoms with E-state index in [1.165, 1.54) is 18.2 Å². The molecule has 0 aliphatic heterocycles. The highest BCUT2D eigenvalue weighted by Gasteiger charge is 2.14. The van der Waals surface area contributed by atoms with Gasteiger partial charge in [-0.2, -0.15) is 0 Å². The summed E-state index contributed by atoms with van der Waals surface area (Å²) in [6.45, 7) is 4.33. The third kappa shape index (κ3) is 6.78. The first-order chi connectivity index (χ1) is 13.9. The van der Waals surface area contributed by atoms with Crippen molar-refractivity contribution in [2.24, 2.45) is 0 Å². The van der Waals surface area contributed by atoms with Crippen LogP contribution in [0.4, 0.5) is 4.39 Å². The number of carbonyl (C=O) groups is 2. The summed E-state index contributed by atoms with van der Waals surface area (Å²) in [5.74, 6) is -0.122. The zero-order chi connectivity index (χ0) is 21.2. The van der Waals surface area contributed by atoms with Crippen LogP contribution in [-0.2, 0) is 4.79 Å². The summed E-state index contributed by atoms with van der Waals surface area (Å²) in [5.41, 5.74) is 1.00. The largest absolute Gasteiger partial charge is 0.493 e. The number of carbonyl (C=O) groups excluding carboxylic acids is 2. The third-order valence-electron chi connectivity index (χ3n) is 4.32. The Kier molecular flexibility index (Phi) is 8.45. The molecule has 7 heteroatoms. The van der Waals surface area contributed by atoms with Crippen molar-refractivity contribution >= 4 is 11.8 Å². The number of amides is 2. The molecule has 0 bridgehead atoms. The van der Waals surface area contributed by atoms with Gasteiger partial charge < -0.3 is 20.1 Å². The quantitative estimate of drug-likeness (QED) is 0.595. The molecule has 0 saturated heterocycles. The Labute approximate surface area is 170 Å². The van der Waals surface area contributed by atoms with E-state index in [9.17, 15) is 14.0 Å². The second-order valence-electron chi connectivity index (χ2n) is 6.59. The second kappa shape index (κ2) is 11.0. The SMILES string of the molecule is CCCCOc1ccc(C(C)NC(=O)CNC(=O)c2cccc(F)c2)cc1OC. The summed E-state index contributed by atoms with van der Waals surface area (Å²) in [7, 11) is 1.57. The molecule has 0 aliphatic rings. The summed E-state index contributed by atoms with van der Waals surface area (Å²) in [6.07, 6.45) is 2.00. The van der Waals surface area contributed by atoms with Crippen molar-refractivity contribution in [2.45, 2.75) is 32.7 Å². The van der Waals surface area contributed by atoms with Crippen LogP contribution in [0.25, 0.3) is 0 Å². The Hall–Kier alpha value is -3.09. The molecular formula is C22H27FN2O4. The standard InChI is InChI=1S/C22H27FN2O4/c1-4-5-11-29-19-10-9-16(13-20(19)28-3)15(2)25-21(26)14-24-22(27)17-7-6-8-18(23)12-17/h6-10,12-13,15H,4-5,11,14H2,1-3H3,(H,24,27)(H,25,26). The maximum Gasteiger partial charge on any atom is 0.251 e. The Balaban J connectivity index is 1.90. The van der Waals surface area contributed by atoms with E-state index in [0.717, 1.165) is 24.5 Å². The lowest BCUT2D eigenvalue weighted by molar-refractivity contribution is -0.120. The Morgan fingerprint density at radius 1 is 1.14 bits per heavy atom. The molecule has 1 unspecified atom stereocenters. The zero-order valence-electron chi connectivity index (χ0n) is 17.0. The van der Waals surface area contributed by atoms with Crippen molar-refractivity contribution in [2.75, 3.05) is 20.3 Å². The van der Waals surface area contributed by atoms with Crippen LogP contribution >= 0.6 is 0 Å². The van der Waals surface area contributed by atoms with Gasteiger partial charge in [-0.25, -0.2) is 4.39 Å². The smallest absolute Gasteiger partial charge is 0.251 e. The topological polar surface area (TPSA) is 76.7 Å². The van der Waals surface area contributed by atoms with E-state index in [-0.39, 0.29) is 24.1 Å². The van der Waals surface area contributed by atoms with Gasteiger partial charge in [-0.15, -0.1) is 0 Å². The maximum absolute atomic E-state index is 13.2. The van der Waals surface area contributed by atoms with Gasteiger partial charge in [0.1, 0.15) is 5.82 Å². The molecule has 2 amide bonds. The van der Waals surface area contributed by atoms with Crippen LogP contribution in [0.1, 0.15) is 48.7 Å². The van der Waals surface area contributed by atoms with E-state index in [2.05, 4.69) is 17.6 Å². The fraction of sp³-hybridized carbons (Fsp3) is 0.364. The van der Waals surface area contributed by atoms with Gasteiger partial charge in [0.25, 0.3) is 5.91 Å². The predicted octanol–water partition coefficient (Wildman–Crippen LogP) is 3.62. The van der Waals surface area contributed by atoms with Crippen molar-refractivity contribution in [3.05, 3.63) is 59.4 Å². The maximum atomic E-state index is 13.2. The average molecular weight is 402 g/mol. The van der Waals surface area contributed by atoms with Gasteiger partial charge in [-0.3, -0.25) is 9.59 Å². The number of ether oxygens (including phenoxy) is 2. The number of benzene rings is 2. The van der Waals surface area contributed by atoms with Crippen LogP contribution in [0.5, 0.6) is 11.5 Å². The lowest BCUT2D eigenvalue weighted by Gasteiger charge is -2.17. The highest BCUT2D eigenvalue weighted by molar-refractivity contribution is 5.96. The summed E-state index contributed by atoms with van der Waals surface area (Å²) in [6, 6.07) is 10.5. The normalized spacial score (nSPS) is 11.4. The molecule has 2 N–H and O–H groups in total. The summed E-state index contributed by atoms with van der Waals surface area (Å²) < 4.78 is 24.3. The summed E-state index contributed by atoms with van der Waals surface area (Å²) >= 11 is 0. The fourth-order valence-electron chi connectivity index (χ4n) is 2.67. The predicted molar refractivity (Wildman–Crippen MR) is 109 cm³/mol. The first-order valence-electron chi connectivity index (χ1n) is 9.58. The summed E-state index contributed by atoms with van der Waals surface area (Å²) in [5, 5.41) is 5.29. The molecule has 0 aromatic heterocycles. The summed E-state index contributed by atoms with van der Waals surface area (Å²) in [4.78, 5) is 24.2. The van der Waals surface area contributed by atoms with Crippen LogP contribution in [0.2, 0.25) is 0 Å². The first-order valence-corrected chi connectivity index (χ1v) is 9.58. The van der Waals surface area contributed by atoms with Crippen LogP contribution < -0.4 is 20.1 Å². The van der Waals surface area contributed by atoms with E-state index in [1.54, 1.807) is 7.11 Å². The van der Waals surface area contributed by atoms with Crippen LogP contribution in [0.3, 0.4) is 0 Å². The van der Waals surface area contributed by atoms with Gasteiger partial charge in [0.2, 0.25) is 5.91 Å². The molecule has 0 fully saturated rings. The molecular weight excluding hydrogens is 375 g/mol. The number of unbranched alkanes of at least 4 members (excludes halogenated alkanes) is 1. The fourth-order valence-corrected chi connectivity index (χ4v) is 2.67. The monoisotopic (exact) mass is 402 g/mol. The van der Waals surface area contributed by atoms with Crippen molar-refractivity contribution in [1.82, 2.24) is 10.6 Å². The highest BCUT2D eigenvalue weighted by Crippen LogP contribution is 2.30. The van der Waals surface area contributed by atoms with Crippen molar-refractivity contribution in [3.63, 3.8) is 0 Å². The molecule has 2 aromatic carbocycles. The number of hydrogen-bond donors (Lipinski definition) is 2. The number of halogens is 1. The molecule has 0 saturated carbocycles. The van der Waals surface area contributed by atoms with Gasteiger partial charge >= 0.3 is 0 Å². The Bertz CT molecular complexity index is 841. The second-order valence-corrected chi connectivity index (χ2v) is 6.59. The number of rotatable bonds is 10. The van der Waals surface area contributed by atoms with E-state index < -0.39 is 11.7 Å². The Morgan fingerprint density at radius 2 is 1.93 bits per heavy atom. The van der Waals surface area contributed by atoms with Gasteiger partial charge in [-0.1, -0.05) is 25.5 Å². The van der Waals surface area contributed by atoms with Gasteiger partial charge in [0.05, 0.1) is 26.3 Å². The molecule has 0 radical (unpaired) electrons. The Morgan fingerprint density at radius 3 is 2.62 bits per heavy atom. The molecule has 29 heavy (non-hydrogen) atoms. The molecule has 2 aromatic rings. The molecule has 0 aliphatic carbocycles. The minimum atomic E-state index is -0.512. The molecule has 156 valence electrons. The van der Waals surface area contributed by atoms with E-state index in [4.69, 9.17) is 9.47 Å². The van der Waals surface area contributed by atoms with Crippen LogP contribution in [0, 0.1) is 5.82 Å². The van der Waals surface area contributed by atoms with Crippen LogP contribution in [-0.4, -0.2) is 32.1 Å². The lowest BCUT2D eigenvalue weighted by Crippen LogP contribution is -2.38. The minimum Gasteiger partial charge on any atom is -0.493 e. The molecule has 6 nitrogen and oxygen atoms in total. The minimum absolute atomic E-state index is 0.161. The number of hydrogen-bond acceptors (Lipinski definition) is 4. The van der Waals surface area contributed by atoms with Gasteiger partial charge in [0.15, 0.2) is 11.5 Å². The first kappa shape index (κ1) is 22.2. The van der Waals surface area contributed by atoms with Crippen molar-refractivity contribution in [1.29, 1.82) is 0 Å². The van der Waals surface area contributed by atoms with E-state index in [0.29, 0.717) is 18.1 Å². The van der Waals surface area contributed by atoms with Gasteiger partial charge in [-0.05, 0) is 49.2 Å². The molecule has 2 rings (SSSR count). The van der Waals surface area contributed by atoms with E-state index in [1.807, 2.05) is 25.1 Å². The number of methoxy groups -OCH3 is 1. The van der Waals surface area contributed by atoms with E-state index >= 15 is 0 Å². The van der Waals surface area contributed by atoms with Crippen molar-refractivity contribution < 1.29 is 23.5 Å². The zero-order valence-corrected chi connectivity index (χ0v) is 17.0. The third-order valence-corrected chi connectivity index (χ3v) is 4.32. The van der Waals surface area contributed by atoms with Crippen molar-refractivity contribution in [3.8, 4) is 11.5 Å². The lowest BCUT2D eigenvalue weighted by atomic mass is 10.1. The number of nitrogens with one attached hydrogen (secondary N) is 2. The molecule has 0 heterocycles. The highest BCUT2D eigenvalue weighted by atomic mass is 19.1. The average Bonchev–Trinajstić information content (AvgIpc) is 2.72. The molecule has 1 atom stereocenters. The van der Waals surface area contributed by atoms with Gasteiger partial charge in [0, 0.05) is 5.56 Å². The van der Waals surface area contributed by atoms with Crippen LogP contribution in [0.15, 0.2) is 42.5 Å². The molecule has 0 spiro atoms.